The summed E-state index contributed by atoms with van der Waals surface area (Å²) in [5.41, 5.74) is 3.69. The molecule has 98 valence electrons. The van der Waals surface area contributed by atoms with Gasteiger partial charge in [-0.3, -0.25) is 10.6 Å². The van der Waals surface area contributed by atoms with Crippen LogP contribution < -0.4 is 11.3 Å². The van der Waals surface area contributed by atoms with Crippen LogP contribution in [-0.4, -0.2) is 23.9 Å². The number of nitrogens with two attached hydrogens (primary N) is 1. The number of carbonyl (C=O) groups is 1. The lowest BCUT2D eigenvalue weighted by Gasteiger charge is -2.22. The first-order valence-corrected chi connectivity index (χ1v) is 6.59. The molecule has 1 fully saturated rings. The van der Waals surface area contributed by atoms with E-state index in [0.717, 1.165) is 6.54 Å². The zero-order valence-corrected chi connectivity index (χ0v) is 11.2. The molecular weight excluding hydrogens is 250 g/mol. The van der Waals surface area contributed by atoms with Gasteiger partial charge in [-0.2, -0.15) is 0 Å². The smallest absolute Gasteiger partial charge is 0.256 e. The van der Waals surface area contributed by atoms with E-state index in [1.165, 1.54) is 12.8 Å². The van der Waals surface area contributed by atoms with E-state index in [9.17, 15) is 4.79 Å². The zero-order valence-electron chi connectivity index (χ0n) is 10.4. The van der Waals surface area contributed by atoms with Gasteiger partial charge in [0.25, 0.3) is 5.91 Å². The Morgan fingerprint density at radius 3 is 2.83 bits per heavy atom. The van der Waals surface area contributed by atoms with Crippen LogP contribution in [0.3, 0.4) is 0 Å². The van der Waals surface area contributed by atoms with Crippen molar-refractivity contribution in [3.8, 4) is 0 Å². The number of nitrogen functional groups attached to an aromatic ring is 1. The average Bonchev–Trinajstić information content (AvgIpc) is 3.19. The third kappa shape index (κ3) is 2.94. The van der Waals surface area contributed by atoms with Crippen molar-refractivity contribution in [1.29, 1.82) is 0 Å². The van der Waals surface area contributed by atoms with E-state index >= 15 is 0 Å². The fourth-order valence-electron chi connectivity index (χ4n) is 1.96. The molecule has 0 aliphatic heterocycles. The minimum Gasteiger partial charge on any atom is -0.339 e. The average molecular weight is 268 g/mol. The Morgan fingerprint density at radius 1 is 1.56 bits per heavy atom. The van der Waals surface area contributed by atoms with Crippen LogP contribution in [0.1, 0.15) is 30.1 Å². The molecule has 0 heterocycles. The highest BCUT2D eigenvalue weighted by molar-refractivity contribution is 6.31. The quantitative estimate of drug-likeness (QED) is 0.637. The summed E-state index contributed by atoms with van der Waals surface area (Å²) in [4.78, 5) is 14.3. The van der Waals surface area contributed by atoms with Gasteiger partial charge in [-0.25, -0.2) is 0 Å². The van der Waals surface area contributed by atoms with Gasteiger partial charge in [-0.15, -0.1) is 0 Å². The number of nitrogens with zero attached hydrogens (tertiary/aromatic N) is 1. The van der Waals surface area contributed by atoms with Crippen LogP contribution in [-0.2, 0) is 0 Å². The van der Waals surface area contributed by atoms with E-state index in [4.69, 9.17) is 17.4 Å². The Labute approximate surface area is 112 Å². The predicted octanol–water partition coefficient (Wildman–Crippen LogP) is 2.50. The molecule has 2 rings (SSSR count). The highest BCUT2D eigenvalue weighted by Crippen LogP contribution is 2.30. The number of nitrogens with one attached hydrogen (secondary N) is 1. The molecule has 0 aromatic heterocycles. The summed E-state index contributed by atoms with van der Waals surface area (Å²) in [6, 6.07) is 5.10. The monoisotopic (exact) mass is 267 g/mol. The van der Waals surface area contributed by atoms with Crippen LogP contribution in [0.5, 0.6) is 0 Å². The van der Waals surface area contributed by atoms with Gasteiger partial charge in [-0.05, 0) is 43.9 Å². The Kier molecular flexibility index (Phi) is 4.09. The van der Waals surface area contributed by atoms with Crippen molar-refractivity contribution >= 4 is 23.2 Å². The van der Waals surface area contributed by atoms with Crippen molar-refractivity contribution in [3.05, 3.63) is 28.8 Å². The molecule has 0 spiro atoms. The third-order valence-corrected chi connectivity index (χ3v) is 3.45. The molecule has 1 aromatic rings. The van der Waals surface area contributed by atoms with Gasteiger partial charge in [0.05, 0.1) is 11.3 Å². The molecule has 3 N–H and O–H groups in total. The minimum absolute atomic E-state index is 0.0140. The lowest BCUT2D eigenvalue weighted by molar-refractivity contribution is 0.0758. The molecule has 0 radical (unpaired) electrons. The molecule has 4 nitrogen and oxygen atoms in total. The molecule has 5 heteroatoms. The summed E-state index contributed by atoms with van der Waals surface area (Å²) in [6.45, 7) is 3.51. The Bertz CT molecular complexity index is 446. The number of carbonyl (C=O) groups excluding carboxylic acids is 1. The van der Waals surface area contributed by atoms with Gasteiger partial charge in [0.1, 0.15) is 0 Å². The summed E-state index contributed by atoms with van der Waals surface area (Å²) >= 11 is 5.94. The van der Waals surface area contributed by atoms with Gasteiger partial charge in [-0.1, -0.05) is 11.6 Å². The zero-order chi connectivity index (χ0) is 13.1. The van der Waals surface area contributed by atoms with Crippen LogP contribution in [0, 0.1) is 5.92 Å². The van der Waals surface area contributed by atoms with E-state index in [1.54, 1.807) is 18.2 Å². The van der Waals surface area contributed by atoms with E-state index in [-0.39, 0.29) is 5.91 Å². The van der Waals surface area contributed by atoms with Gasteiger partial charge in [0, 0.05) is 18.1 Å². The summed E-state index contributed by atoms with van der Waals surface area (Å²) in [6.07, 6.45) is 2.45. The van der Waals surface area contributed by atoms with Crippen molar-refractivity contribution in [2.75, 3.05) is 18.5 Å². The molecule has 1 aliphatic carbocycles. The molecular formula is C13H18ClN3O. The number of hydrogen-bond acceptors (Lipinski definition) is 3. The Balaban J connectivity index is 2.21. The van der Waals surface area contributed by atoms with Crippen LogP contribution in [0.2, 0.25) is 5.02 Å². The van der Waals surface area contributed by atoms with Crippen molar-refractivity contribution in [2.45, 2.75) is 19.8 Å². The molecule has 1 saturated carbocycles. The number of halogens is 1. The number of hydrazine groups is 1. The molecule has 1 aliphatic rings. The maximum absolute atomic E-state index is 12.4. The van der Waals surface area contributed by atoms with Crippen molar-refractivity contribution in [2.24, 2.45) is 11.8 Å². The van der Waals surface area contributed by atoms with E-state index in [1.807, 2.05) is 11.8 Å². The molecule has 0 saturated heterocycles. The van der Waals surface area contributed by atoms with Gasteiger partial charge in [0.2, 0.25) is 0 Å². The summed E-state index contributed by atoms with van der Waals surface area (Å²) < 4.78 is 0. The first-order chi connectivity index (χ1) is 8.65. The number of amides is 1. The standard InChI is InChI=1S/C13H18ClN3O/c1-2-17(8-9-3-4-9)13(18)11-7-10(14)5-6-12(11)16-15/h5-7,9,16H,2-4,8,15H2,1H3. The van der Waals surface area contributed by atoms with Crippen LogP contribution in [0.15, 0.2) is 18.2 Å². The third-order valence-electron chi connectivity index (χ3n) is 3.21. The summed E-state index contributed by atoms with van der Waals surface area (Å²) in [5.74, 6) is 6.08. The van der Waals surface area contributed by atoms with Crippen molar-refractivity contribution in [3.63, 3.8) is 0 Å². The van der Waals surface area contributed by atoms with Crippen molar-refractivity contribution in [1.82, 2.24) is 4.90 Å². The van der Waals surface area contributed by atoms with Gasteiger partial charge < -0.3 is 10.3 Å². The minimum atomic E-state index is -0.0140. The highest BCUT2D eigenvalue weighted by atomic mass is 35.5. The number of rotatable bonds is 5. The highest BCUT2D eigenvalue weighted by Gasteiger charge is 2.27. The molecule has 0 unspecified atom stereocenters. The molecule has 18 heavy (non-hydrogen) atoms. The van der Waals surface area contributed by atoms with Crippen molar-refractivity contribution < 1.29 is 4.79 Å². The lowest BCUT2D eigenvalue weighted by Crippen LogP contribution is -2.33. The second kappa shape index (κ2) is 5.59. The van der Waals surface area contributed by atoms with E-state index < -0.39 is 0 Å². The SMILES string of the molecule is CCN(CC1CC1)C(=O)c1cc(Cl)ccc1NN. The number of anilines is 1. The second-order valence-electron chi connectivity index (χ2n) is 4.62. The van der Waals surface area contributed by atoms with Crippen LogP contribution in [0.25, 0.3) is 0 Å². The van der Waals surface area contributed by atoms with Gasteiger partial charge in [0.15, 0.2) is 0 Å². The largest absolute Gasteiger partial charge is 0.339 e. The molecule has 0 bridgehead atoms. The predicted molar refractivity (Wildman–Crippen MR) is 73.6 cm³/mol. The van der Waals surface area contributed by atoms with E-state index in [0.29, 0.717) is 28.7 Å². The number of benzene rings is 1. The second-order valence-corrected chi connectivity index (χ2v) is 5.06. The molecule has 1 amide bonds. The Hall–Kier alpha value is -1.26. The topological polar surface area (TPSA) is 58.4 Å². The Morgan fingerprint density at radius 2 is 2.28 bits per heavy atom. The number of hydrogen-bond donors (Lipinski definition) is 2. The fourth-order valence-corrected chi connectivity index (χ4v) is 2.13. The fraction of sp³-hybridized carbons (Fsp3) is 0.462. The normalized spacial score (nSPS) is 14.4. The van der Waals surface area contributed by atoms with Crippen LogP contribution >= 0.6 is 11.6 Å². The van der Waals surface area contributed by atoms with Crippen LogP contribution in [0.4, 0.5) is 5.69 Å². The summed E-state index contributed by atoms with van der Waals surface area (Å²) in [7, 11) is 0. The maximum Gasteiger partial charge on any atom is 0.256 e. The van der Waals surface area contributed by atoms with Gasteiger partial charge >= 0.3 is 0 Å². The maximum atomic E-state index is 12.4. The lowest BCUT2D eigenvalue weighted by atomic mass is 10.1. The first-order valence-electron chi connectivity index (χ1n) is 6.21. The van der Waals surface area contributed by atoms with E-state index in [2.05, 4.69) is 5.43 Å². The first kappa shape index (κ1) is 13.2. The summed E-state index contributed by atoms with van der Waals surface area (Å²) in [5, 5.41) is 0.542. The molecule has 1 aromatic carbocycles. The molecule has 0 atom stereocenters.